The molecular weight excluding hydrogens is 458 g/mol. The number of nitrogens with zero attached hydrogens (tertiary/aromatic N) is 5. The molecule has 0 unspecified atom stereocenters. The molecule has 12 heteroatoms. The van der Waals surface area contributed by atoms with Crippen molar-refractivity contribution < 1.29 is 9.59 Å². The molecule has 3 aromatic rings. The van der Waals surface area contributed by atoms with Crippen molar-refractivity contribution in [3.05, 3.63) is 45.7 Å². The molecule has 1 atom stereocenters. The molecule has 9 nitrogen and oxygen atoms in total. The van der Waals surface area contributed by atoms with Crippen LogP contribution in [0.3, 0.4) is 0 Å². The lowest BCUT2D eigenvalue weighted by atomic mass is 10.2. The number of benzene rings is 1. The van der Waals surface area contributed by atoms with Crippen molar-refractivity contribution in [2.24, 2.45) is 7.05 Å². The van der Waals surface area contributed by atoms with E-state index in [1.165, 1.54) is 23.1 Å². The first-order valence-electron chi connectivity index (χ1n) is 9.59. The lowest BCUT2D eigenvalue weighted by Gasteiger charge is -2.10. The molecule has 0 aliphatic heterocycles. The number of amides is 2. The van der Waals surface area contributed by atoms with Gasteiger partial charge in [-0.25, -0.2) is 0 Å². The van der Waals surface area contributed by atoms with Crippen LogP contribution in [0, 0.1) is 0 Å². The van der Waals surface area contributed by atoms with E-state index < -0.39 is 5.25 Å². The Labute approximate surface area is 193 Å². The molecule has 2 aromatic heterocycles. The lowest BCUT2D eigenvalue weighted by Crippen LogP contribution is -2.26. The number of rotatable bonds is 9. The molecule has 0 radical (unpaired) electrons. The third-order valence-electron chi connectivity index (χ3n) is 4.32. The number of hydrogen-bond donors (Lipinski definition) is 2. The van der Waals surface area contributed by atoms with Crippen LogP contribution in [0.2, 0.25) is 5.02 Å². The molecule has 0 saturated heterocycles. The van der Waals surface area contributed by atoms with Gasteiger partial charge in [0.05, 0.1) is 5.25 Å². The van der Waals surface area contributed by atoms with Gasteiger partial charge in [0.15, 0.2) is 5.16 Å². The molecule has 1 aromatic carbocycles. The van der Waals surface area contributed by atoms with Gasteiger partial charge in [-0.2, -0.15) is 0 Å². The quantitative estimate of drug-likeness (QED) is 0.453. The zero-order valence-electron chi connectivity index (χ0n) is 17.3. The summed E-state index contributed by atoms with van der Waals surface area (Å²) >= 11 is 8.51. The molecule has 0 aliphatic carbocycles. The van der Waals surface area contributed by atoms with E-state index in [9.17, 15) is 9.59 Å². The van der Waals surface area contributed by atoms with Crippen LogP contribution in [0.5, 0.6) is 0 Å². The first-order chi connectivity index (χ1) is 14.9. The van der Waals surface area contributed by atoms with E-state index in [-0.39, 0.29) is 11.8 Å². The summed E-state index contributed by atoms with van der Waals surface area (Å²) in [7, 11) is 1.83. The molecular formula is C19H22ClN7O2S2. The first-order valence-corrected chi connectivity index (χ1v) is 11.7. The molecule has 2 N–H and O–H groups in total. The number of hydrogen-bond acceptors (Lipinski definition) is 8. The van der Waals surface area contributed by atoms with Gasteiger partial charge in [0.2, 0.25) is 11.0 Å². The maximum absolute atomic E-state index is 12.4. The van der Waals surface area contributed by atoms with Gasteiger partial charge in [0, 0.05) is 30.6 Å². The number of aromatic nitrogens is 5. The molecule has 0 aliphatic rings. The average Bonchev–Trinajstić information content (AvgIpc) is 3.35. The van der Waals surface area contributed by atoms with E-state index in [0.29, 0.717) is 39.7 Å². The number of anilines is 1. The zero-order chi connectivity index (χ0) is 22.4. The third-order valence-corrected chi connectivity index (χ3v) is 6.69. The largest absolute Gasteiger partial charge is 0.352 e. The summed E-state index contributed by atoms with van der Waals surface area (Å²) in [5.74, 6) is 0.355. The van der Waals surface area contributed by atoms with Crippen LogP contribution in [0.1, 0.15) is 35.0 Å². The van der Waals surface area contributed by atoms with Gasteiger partial charge in [0.1, 0.15) is 10.8 Å². The molecule has 2 heterocycles. The Morgan fingerprint density at radius 2 is 1.94 bits per heavy atom. The van der Waals surface area contributed by atoms with E-state index in [0.717, 1.165) is 11.4 Å². The molecule has 164 valence electrons. The molecule has 31 heavy (non-hydrogen) atoms. The standard InChI is InChI=1S/C19H22ClN7O2S2/c1-4-15-24-25-18(31-15)22-16(28)11(2)30-19-26-23-14(27(19)3)9-10-21-17(29)12-5-7-13(20)8-6-12/h5-8,11H,4,9-10H2,1-3H3,(H,21,29)(H,22,25,28)/t11-/m0/s1. The Hall–Kier alpha value is -2.50. The van der Waals surface area contributed by atoms with Crippen LogP contribution in [-0.2, 0) is 24.7 Å². The summed E-state index contributed by atoms with van der Waals surface area (Å²) in [5.41, 5.74) is 0.542. The second-order valence-electron chi connectivity index (χ2n) is 6.57. The molecule has 2 amide bonds. The van der Waals surface area contributed by atoms with Gasteiger partial charge in [-0.1, -0.05) is 41.6 Å². The normalized spacial score (nSPS) is 11.9. The van der Waals surface area contributed by atoms with Gasteiger partial charge in [0.25, 0.3) is 5.91 Å². The summed E-state index contributed by atoms with van der Waals surface area (Å²) in [6.07, 6.45) is 1.29. The van der Waals surface area contributed by atoms with E-state index in [2.05, 4.69) is 31.0 Å². The van der Waals surface area contributed by atoms with Crippen molar-refractivity contribution in [2.45, 2.75) is 37.1 Å². The summed E-state index contributed by atoms with van der Waals surface area (Å²) in [6, 6.07) is 6.69. The average molecular weight is 480 g/mol. The van der Waals surface area contributed by atoms with E-state index in [1.807, 2.05) is 18.5 Å². The smallest absolute Gasteiger partial charge is 0.251 e. The number of nitrogens with one attached hydrogen (secondary N) is 2. The van der Waals surface area contributed by atoms with Crippen molar-refractivity contribution in [3.8, 4) is 0 Å². The number of halogens is 1. The van der Waals surface area contributed by atoms with Crippen molar-refractivity contribution in [2.75, 3.05) is 11.9 Å². The van der Waals surface area contributed by atoms with Crippen LogP contribution < -0.4 is 10.6 Å². The summed E-state index contributed by atoms with van der Waals surface area (Å²) in [6.45, 7) is 4.19. The van der Waals surface area contributed by atoms with E-state index in [4.69, 9.17) is 11.6 Å². The Kier molecular flexibility index (Phi) is 7.99. The van der Waals surface area contributed by atoms with Crippen LogP contribution in [0.15, 0.2) is 29.4 Å². The van der Waals surface area contributed by atoms with Gasteiger partial charge in [-0.15, -0.1) is 20.4 Å². The topological polar surface area (TPSA) is 115 Å². The Morgan fingerprint density at radius 3 is 2.61 bits per heavy atom. The third kappa shape index (κ3) is 6.25. The SMILES string of the molecule is CCc1nnc(NC(=O)[C@H](C)Sc2nnc(CCNC(=O)c3ccc(Cl)cc3)n2C)s1. The van der Waals surface area contributed by atoms with Gasteiger partial charge in [-0.3, -0.25) is 14.9 Å². The Balaban J connectivity index is 1.50. The van der Waals surface area contributed by atoms with Crippen LogP contribution in [0.4, 0.5) is 5.13 Å². The highest BCUT2D eigenvalue weighted by molar-refractivity contribution is 8.00. The monoisotopic (exact) mass is 479 g/mol. The maximum atomic E-state index is 12.4. The van der Waals surface area contributed by atoms with Gasteiger partial charge >= 0.3 is 0 Å². The summed E-state index contributed by atoms with van der Waals surface area (Å²) in [4.78, 5) is 24.6. The van der Waals surface area contributed by atoms with Crippen molar-refractivity contribution in [1.82, 2.24) is 30.3 Å². The van der Waals surface area contributed by atoms with E-state index in [1.54, 1.807) is 31.2 Å². The van der Waals surface area contributed by atoms with Crippen LogP contribution in [0.25, 0.3) is 0 Å². The lowest BCUT2D eigenvalue weighted by molar-refractivity contribution is -0.115. The number of carbonyl (C=O) groups excluding carboxylic acids is 2. The molecule has 3 rings (SSSR count). The van der Waals surface area contributed by atoms with Gasteiger partial charge < -0.3 is 9.88 Å². The van der Waals surface area contributed by atoms with Gasteiger partial charge in [-0.05, 0) is 37.6 Å². The first kappa shape index (κ1) is 23.2. The number of carbonyl (C=O) groups is 2. The van der Waals surface area contributed by atoms with Crippen LogP contribution in [-0.4, -0.2) is 48.6 Å². The fourth-order valence-electron chi connectivity index (χ4n) is 2.52. The van der Waals surface area contributed by atoms with E-state index >= 15 is 0 Å². The second kappa shape index (κ2) is 10.7. The summed E-state index contributed by atoms with van der Waals surface area (Å²) < 4.78 is 1.82. The molecule has 0 saturated carbocycles. The van der Waals surface area contributed by atoms with Crippen molar-refractivity contribution in [1.29, 1.82) is 0 Å². The molecule has 0 bridgehead atoms. The minimum Gasteiger partial charge on any atom is -0.352 e. The predicted octanol–water partition coefficient (Wildman–Crippen LogP) is 2.97. The Morgan fingerprint density at radius 1 is 1.19 bits per heavy atom. The number of aryl methyl sites for hydroxylation is 1. The van der Waals surface area contributed by atoms with Crippen molar-refractivity contribution >= 4 is 51.6 Å². The minimum atomic E-state index is -0.394. The summed E-state index contributed by atoms with van der Waals surface area (Å²) in [5, 5.41) is 24.1. The highest BCUT2D eigenvalue weighted by Gasteiger charge is 2.20. The maximum Gasteiger partial charge on any atom is 0.251 e. The zero-order valence-corrected chi connectivity index (χ0v) is 19.6. The fourth-order valence-corrected chi connectivity index (χ4v) is 4.16. The predicted molar refractivity (Wildman–Crippen MR) is 122 cm³/mol. The molecule has 0 fully saturated rings. The molecule has 0 spiro atoms. The van der Waals surface area contributed by atoms with Crippen molar-refractivity contribution in [3.63, 3.8) is 0 Å². The highest BCUT2D eigenvalue weighted by atomic mass is 35.5. The fraction of sp³-hybridized carbons (Fsp3) is 0.368. The minimum absolute atomic E-state index is 0.177. The second-order valence-corrected chi connectivity index (χ2v) is 9.38. The highest BCUT2D eigenvalue weighted by Crippen LogP contribution is 2.23. The number of thioether (sulfide) groups is 1. The van der Waals surface area contributed by atoms with Crippen LogP contribution >= 0.6 is 34.7 Å². The Bertz CT molecular complexity index is 1050.